The van der Waals surface area contributed by atoms with Gasteiger partial charge < -0.3 is 11.1 Å². The molecule has 0 saturated heterocycles. The number of ketones is 1. The zero-order chi connectivity index (χ0) is 14.6. The van der Waals surface area contributed by atoms with Crippen LogP contribution in [0.25, 0.3) is 5.70 Å². The molecule has 102 valence electrons. The molecule has 3 N–H and O–H groups in total. The molecule has 0 unspecified atom stereocenters. The van der Waals surface area contributed by atoms with Crippen LogP contribution in [-0.2, 0) is 6.42 Å². The Bertz CT molecular complexity index is 515. The first kappa shape index (κ1) is 15.0. The second kappa shape index (κ2) is 6.23. The summed E-state index contributed by atoms with van der Waals surface area (Å²) in [5.41, 5.74) is 8.81. The number of hydrogen-bond acceptors (Lipinski definition) is 3. The van der Waals surface area contributed by atoms with Gasteiger partial charge in [-0.2, -0.15) is 0 Å². The number of Topliss-reactive ketones (excluding diaryl/α,β-unsaturated/α-hetero) is 1. The smallest absolute Gasteiger partial charge is 0.160 e. The van der Waals surface area contributed by atoms with Gasteiger partial charge in [-0.3, -0.25) is 4.79 Å². The summed E-state index contributed by atoms with van der Waals surface area (Å²) in [4.78, 5) is 11.8. The minimum atomic E-state index is 0.0666. The molecular weight excluding hydrogens is 236 g/mol. The quantitative estimate of drug-likeness (QED) is 0.771. The first-order chi connectivity index (χ1) is 8.81. The van der Waals surface area contributed by atoms with Gasteiger partial charge in [-0.05, 0) is 36.5 Å². The van der Waals surface area contributed by atoms with Crippen LogP contribution in [0, 0.1) is 5.92 Å². The highest BCUT2D eigenvalue weighted by molar-refractivity contribution is 5.96. The molecule has 0 aliphatic carbocycles. The number of nitrogens with one attached hydrogen (secondary N) is 1. The van der Waals surface area contributed by atoms with Crippen LogP contribution < -0.4 is 11.1 Å². The molecular formula is C16H22N2O. The Labute approximate surface area is 115 Å². The molecule has 1 rings (SSSR count). The lowest BCUT2D eigenvalue weighted by Gasteiger charge is -2.14. The number of carbonyl (C=O) groups excluding carboxylic acids is 1. The second-order valence-corrected chi connectivity index (χ2v) is 5.15. The molecule has 3 nitrogen and oxygen atoms in total. The highest BCUT2D eigenvalue weighted by atomic mass is 16.1. The van der Waals surface area contributed by atoms with Crippen LogP contribution in [0.15, 0.2) is 37.2 Å². The fourth-order valence-corrected chi connectivity index (χ4v) is 1.98. The molecule has 0 atom stereocenters. The number of rotatable bonds is 6. The summed E-state index contributed by atoms with van der Waals surface area (Å²) in [6.07, 6.45) is 0.888. The molecule has 1 aromatic rings. The van der Waals surface area contributed by atoms with E-state index in [0.717, 1.165) is 23.1 Å². The van der Waals surface area contributed by atoms with Crippen LogP contribution in [0.4, 0.5) is 0 Å². The standard InChI is InChI=1S/C16H22N2O/c1-10(2)8-15-7-6-14(9-16(15)12(4)19)11(3)18-13(5)17/h6-7,9-10,18H,3,5,8,17H2,1-2,4H3. The maximum Gasteiger partial charge on any atom is 0.160 e. The summed E-state index contributed by atoms with van der Waals surface area (Å²) >= 11 is 0. The van der Waals surface area contributed by atoms with Gasteiger partial charge in [0, 0.05) is 11.3 Å². The lowest BCUT2D eigenvalue weighted by atomic mass is 9.94. The molecule has 0 aromatic heterocycles. The Morgan fingerprint density at radius 2 is 2.00 bits per heavy atom. The predicted octanol–water partition coefficient (Wildman–Crippen LogP) is 3.08. The average molecular weight is 258 g/mol. The van der Waals surface area contributed by atoms with E-state index in [4.69, 9.17) is 5.73 Å². The van der Waals surface area contributed by atoms with Gasteiger partial charge in [0.25, 0.3) is 0 Å². The number of carbonyl (C=O) groups is 1. The highest BCUT2D eigenvalue weighted by Gasteiger charge is 2.11. The number of hydrogen-bond donors (Lipinski definition) is 2. The summed E-state index contributed by atoms with van der Waals surface area (Å²) in [6, 6.07) is 5.79. The fraction of sp³-hybridized carbons (Fsp3) is 0.312. The van der Waals surface area contributed by atoms with Crippen molar-refractivity contribution in [2.75, 3.05) is 0 Å². The Balaban J connectivity index is 3.12. The predicted molar refractivity (Wildman–Crippen MR) is 80.5 cm³/mol. The average Bonchev–Trinajstić information content (AvgIpc) is 2.27. The van der Waals surface area contributed by atoms with Gasteiger partial charge in [-0.15, -0.1) is 0 Å². The van der Waals surface area contributed by atoms with E-state index in [2.05, 4.69) is 32.3 Å². The van der Waals surface area contributed by atoms with E-state index in [1.54, 1.807) is 6.92 Å². The van der Waals surface area contributed by atoms with Crippen LogP contribution in [0.2, 0.25) is 0 Å². The van der Waals surface area contributed by atoms with Crippen molar-refractivity contribution < 1.29 is 4.79 Å². The van der Waals surface area contributed by atoms with Gasteiger partial charge in [0.05, 0.1) is 5.82 Å². The summed E-state index contributed by atoms with van der Waals surface area (Å²) in [5.74, 6) is 0.909. The van der Waals surface area contributed by atoms with E-state index in [1.165, 1.54) is 0 Å². The van der Waals surface area contributed by atoms with Crippen LogP contribution in [-0.4, -0.2) is 5.78 Å². The molecule has 0 aliphatic rings. The van der Waals surface area contributed by atoms with Gasteiger partial charge in [0.2, 0.25) is 0 Å². The van der Waals surface area contributed by atoms with Crippen molar-refractivity contribution in [3.8, 4) is 0 Å². The largest absolute Gasteiger partial charge is 0.386 e. The molecule has 0 saturated carbocycles. The van der Waals surface area contributed by atoms with Crippen LogP contribution in [0.5, 0.6) is 0 Å². The van der Waals surface area contributed by atoms with Crippen LogP contribution >= 0.6 is 0 Å². The summed E-state index contributed by atoms with van der Waals surface area (Å²) in [6.45, 7) is 13.3. The van der Waals surface area contributed by atoms with Crippen LogP contribution in [0.3, 0.4) is 0 Å². The van der Waals surface area contributed by atoms with Crippen molar-refractivity contribution >= 4 is 11.5 Å². The maximum absolute atomic E-state index is 11.8. The van der Waals surface area contributed by atoms with E-state index in [9.17, 15) is 4.79 Å². The van der Waals surface area contributed by atoms with E-state index >= 15 is 0 Å². The third-order valence-corrected chi connectivity index (χ3v) is 2.78. The lowest BCUT2D eigenvalue weighted by molar-refractivity contribution is 0.101. The summed E-state index contributed by atoms with van der Waals surface area (Å²) < 4.78 is 0. The minimum absolute atomic E-state index is 0.0666. The third kappa shape index (κ3) is 4.28. The highest BCUT2D eigenvalue weighted by Crippen LogP contribution is 2.20. The number of nitrogens with two attached hydrogens (primary N) is 1. The number of benzene rings is 1. The zero-order valence-corrected chi connectivity index (χ0v) is 11.9. The fourth-order valence-electron chi connectivity index (χ4n) is 1.98. The molecule has 0 bridgehead atoms. The van der Waals surface area contributed by atoms with Crippen molar-refractivity contribution in [2.45, 2.75) is 27.2 Å². The summed E-state index contributed by atoms with van der Waals surface area (Å²) in [5, 5.41) is 2.86. The Morgan fingerprint density at radius 1 is 1.37 bits per heavy atom. The monoisotopic (exact) mass is 258 g/mol. The van der Waals surface area contributed by atoms with Crippen molar-refractivity contribution in [1.29, 1.82) is 0 Å². The minimum Gasteiger partial charge on any atom is -0.386 e. The molecule has 0 heterocycles. The van der Waals surface area contributed by atoms with E-state index in [0.29, 0.717) is 17.4 Å². The molecule has 0 radical (unpaired) electrons. The van der Waals surface area contributed by atoms with Gasteiger partial charge >= 0.3 is 0 Å². The molecule has 0 amide bonds. The molecule has 0 aliphatic heterocycles. The van der Waals surface area contributed by atoms with E-state index in [1.807, 2.05) is 18.2 Å². The summed E-state index contributed by atoms with van der Waals surface area (Å²) in [7, 11) is 0. The Kier molecular flexibility index (Phi) is 4.93. The first-order valence-corrected chi connectivity index (χ1v) is 6.35. The molecule has 19 heavy (non-hydrogen) atoms. The van der Waals surface area contributed by atoms with E-state index < -0.39 is 0 Å². The third-order valence-electron chi connectivity index (χ3n) is 2.78. The van der Waals surface area contributed by atoms with Crippen molar-refractivity contribution in [3.63, 3.8) is 0 Å². The van der Waals surface area contributed by atoms with Gasteiger partial charge in [-0.25, -0.2) is 0 Å². The normalized spacial score (nSPS) is 10.3. The van der Waals surface area contributed by atoms with Crippen molar-refractivity contribution in [3.05, 3.63) is 53.9 Å². The molecule has 1 aromatic carbocycles. The Hall–Kier alpha value is -2.03. The van der Waals surface area contributed by atoms with E-state index in [-0.39, 0.29) is 5.78 Å². The van der Waals surface area contributed by atoms with Gasteiger partial charge in [0.15, 0.2) is 5.78 Å². The lowest BCUT2D eigenvalue weighted by Crippen LogP contribution is -2.17. The van der Waals surface area contributed by atoms with Gasteiger partial charge in [0.1, 0.15) is 0 Å². The molecule has 0 fully saturated rings. The van der Waals surface area contributed by atoms with Gasteiger partial charge in [-0.1, -0.05) is 39.1 Å². The second-order valence-electron chi connectivity index (χ2n) is 5.15. The van der Waals surface area contributed by atoms with Crippen molar-refractivity contribution in [2.24, 2.45) is 11.7 Å². The molecule has 0 spiro atoms. The maximum atomic E-state index is 11.8. The zero-order valence-electron chi connectivity index (χ0n) is 11.9. The SMILES string of the molecule is C=C(N)NC(=C)c1ccc(CC(C)C)c(C(C)=O)c1. The van der Waals surface area contributed by atoms with Crippen LogP contribution in [0.1, 0.15) is 42.3 Å². The van der Waals surface area contributed by atoms with Crippen molar-refractivity contribution in [1.82, 2.24) is 5.32 Å². The Morgan fingerprint density at radius 3 is 2.47 bits per heavy atom. The topological polar surface area (TPSA) is 55.1 Å². The molecule has 3 heteroatoms. The first-order valence-electron chi connectivity index (χ1n) is 6.35.